The second-order valence-corrected chi connectivity index (χ2v) is 5.18. The monoisotopic (exact) mass is 286 g/mol. The lowest BCUT2D eigenvalue weighted by Crippen LogP contribution is -2.24. The van der Waals surface area contributed by atoms with Crippen LogP contribution in [0.4, 0.5) is 0 Å². The Labute approximate surface area is 121 Å². The van der Waals surface area contributed by atoms with Crippen molar-refractivity contribution in [3.05, 3.63) is 39.3 Å². The van der Waals surface area contributed by atoms with E-state index in [4.69, 9.17) is 0 Å². The summed E-state index contributed by atoms with van der Waals surface area (Å²) in [6.45, 7) is 5.39. The average molecular weight is 286 g/mol. The van der Waals surface area contributed by atoms with E-state index >= 15 is 0 Å². The molecule has 0 aliphatic carbocycles. The van der Waals surface area contributed by atoms with Gasteiger partial charge in [-0.15, -0.1) is 0 Å². The molecule has 3 aromatic rings. The van der Waals surface area contributed by atoms with E-state index in [0.717, 1.165) is 23.9 Å². The summed E-state index contributed by atoms with van der Waals surface area (Å²) in [5.41, 5.74) is 2.08. The van der Waals surface area contributed by atoms with Crippen LogP contribution >= 0.6 is 0 Å². The van der Waals surface area contributed by atoms with Gasteiger partial charge in [-0.2, -0.15) is 0 Å². The Bertz CT molecular complexity index is 917. The number of rotatable bonds is 4. The van der Waals surface area contributed by atoms with Gasteiger partial charge in [0.15, 0.2) is 0 Å². The number of hydrogen-bond donors (Lipinski definition) is 1. The van der Waals surface area contributed by atoms with E-state index in [9.17, 15) is 9.59 Å². The second kappa shape index (κ2) is 5.20. The molecule has 6 nitrogen and oxygen atoms in total. The molecule has 0 amide bonds. The first kappa shape index (κ1) is 13.6. The highest BCUT2D eigenvalue weighted by Gasteiger charge is 2.14. The Morgan fingerprint density at radius 1 is 1.05 bits per heavy atom. The van der Waals surface area contributed by atoms with Gasteiger partial charge in [-0.25, -0.2) is 9.78 Å². The van der Waals surface area contributed by atoms with E-state index in [1.807, 2.05) is 19.9 Å². The molecular formula is C15H18N4O2. The van der Waals surface area contributed by atoms with Crippen LogP contribution in [0.2, 0.25) is 0 Å². The van der Waals surface area contributed by atoms with Crippen molar-refractivity contribution in [3.63, 3.8) is 0 Å². The zero-order valence-corrected chi connectivity index (χ0v) is 12.2. The molecule has 0 atom stereocenters. The summed E-state index contributed by atoms with van der Waals surface area (Å²) in [7, 11) is 0. The highest BCUT2D eigenvalue weighted by atomic mass is 16.1. The summed E-state index contributed by atoms with van der Waals surface area (Å²) in [5, 5.41) is 0.517. The van der Waals surface area contributed by atoms with Gasteiger partial charge in [0, 0.05) is 13.1 Å². The normalized spacial score (nSPS) is 11.5. The summed E-state index contributed by atoms with van der Waals surface area (Å²) < 4.78 is 3.52. The van der Waals surface area contributed by atoms with Crippen molar-refractivity contribution in [1.29, 1.82) is 0 Å². The molecule has 0 fully saturated rings. The lowest BCUT2D eigenvalue weighted by atomic mass is 10.2. The Kier molecular flexibility index (Phi) is 3.37. The van der Waals surface area contributed by atoms with Crippen LogP contribution in [0.5, 0.6) is 0 Å². The van der Waals surface area contributed by atoms with E-state index in [1.165, 1.54) is 6.33 Å². The van der Waals surface area contributed by atoms with E-state index in [1.54, 1.807) is 15.2 Å². The van der Waals surface area contributed by atoms with Crippen molar-refractivity contribution in [2.45, 2.75) is 39.8 Å². The third kappa shape index (κ3) is 2.07. The van der Waals surface area contributed by atoms with Crippen molar-refractivity contribution in [2.75, 3.05) is 0 Å². The molecule has 6 heteroatoms. The maximum absolute atomic E-state index is 12.6. The van der Waals surface area contributed by atoms with E-state index in [-0.39, 0.29) is 11.2 Å². The minimum atomic E-state index is -0.180. The molecule has 1 aromatic carbocycles. The first-order valence-electron chi connectivity index (χ1n) is 7.27. The standard InChI is InChI=1S/C15H18N4O2/c1-3-5-18-12-7-10-11(16-9-17-14(10)20)8-13(12)19(6-4-2)15(18)21/h7-9H,3-6H2,1-2H3,(H,16,17,20). The Morgan fingerprint density at radius 2 is 1.67 bits per heavy atom. The molecule has 110 valence electrons. The number of nitrogens with zero attached hydrogens (tertiary/aromatic N) is 3. The fourth-order valence-corrected chi connectivity index (χ4v) is 2.76. The van der Waals surface area contributed by atoms with Gasteiger partial charge in [-0.3, -0.25) is 13.9 Å². The van der Waals surface area contributed by atoms with Crippen LogP contribution in [-0.4, -0.2) is 19.1 Å². The number of aromatic nitrogens is 4. The molecule has 3 rings (SSSR count). The number of H-pyrrole nitrogens is 1. The molecule has 0 aliphatic rings. The zero-order valence-electron chi connectivity index (χ0n) is 12.2. The number of fused-ring (bicyclic) bond motifs is 2. The van der Waals surface area contributed by atoms with Crippen LogP contribution in [0.15, 0.2) is 28.0 Å². The highest BCUT2D eigenvalue weighted by Crippen LogP contribution is 2.19. The Balaban J connectivity index is 2.45. The van der Waals surface area contributed by atoms with Crippen LogP contribution in [0.3, 0.4) is 0 Å². The third-order valence-corrected chi connectivity index (χ3v) is 3.67. The quantitative estimate of drug-likeness (QED) is 0.795. The molecule has 0 saturated carbocycles. The van der Waals surface area contributed by atoms with Gasteiger partial charge in [-0.05, 0) is 25.0 Å². The number of benzene rings is 1. The van der Waals surface area contributed by atoms with Crippen molar-refractivity contribution >= 4 is 21.9 Å². The van der Waals surface area contributed by atoms with Crippen LogP contribution in [-0.2, 0) is 13.1 Å². The summed E-state index contributed by atoms with van der Waals surface area (Å²) in [6.07, 6.45) is 3.14. The van der Waals surface area contributed by atoms with Crippen molar-refractivity contribution in [2.24, 2.45) is 0 Å². The van der Waals surface area contributed by atoms with E-state index < -0.39 is 0 Å². The maximum Gasteiger partial charge on any atom is 0.329 e. The summed E-state index contributed by atoms with van der Waals surface area (Å²) in [5.74, 6) is 0. The average Bonchev–Trinajstić information content (AvgIpc) is 2.72. The van der Waals surface area contributed by atoms with Crippen molar-refractivity contribution < 1.29 is 0 Å². The van der Waals surface area contributed by atoms with Crippen molar-refractivity contribution in [3.8, 4) is 0 Å². The van der Waals surface area contributed by atoms with Crippen LogP contribution in [0, 0.1) is 0 Å². The molecule has 0 bridgehead atoms. The molecule has 21 heavy (non-hydrogen) atoms. The largest absolute Gasteiger partial charge is 0.329 e. The first-order valence-corrected chi connectivity index (χ1v) is 7.27. The number of imidazole rings is 1. The summed E-state index contributed by atoms with van der Waals surface area (Å²) >= 11 is 0. The van der Waals surface area contributed by atoms with E-state index in [0.29, 0.717) is 24.0 Å². The van der Waals surface area contributed by atoms with Gasteiger partial charge in [0.25, 0.3) is 5.56 Å². The number of aromatic amines is 1. The minimum Gasteiger partial charge on any atom is -0.313 e. The zero-order chi connectivity index (χ0) is 15.0. The fraction of sp³-hybridized carbons (Fsp3) is 0.400. The molecule has 1 N–H and O–H groups in total. The van der Waals surface area contributed by atoms with Crippen LogP contribution in [0.1, 0.15) is 26.7 Å². The van der Waals surface area contributed by atoms with Crippen molar-refractivity contribution in [1.82, 2.24) is 19.1 Å². The molecule has 0 unspecified atom stereocenters. The van der Waals surface area contributed by atoms with Crippen LogP contribution < -0.4 is 11.2 Å². The number of nitrogens with one attached hydrogen (secondary N) is 1. The predicted molar refractivity (Wildman–Crippen MR) is 82.7 cm³/mol. The van der Waals surface area contributed by atoms with Gasteiger partial charge in [-0.1, -0.05) is 13.8 Å². The van der Waals surface area contributed by atoms with Gasteiger partial charge in [0.05, 0.1) is 28.3 Å². The fourth-order valence-electron chi connectivity index (χ4n) is 2.76. The predicted octanol–water partition coefficient (Wildman–Crippen LogP) is 1.86. The number of aryl methyl sites for hydroxylation is 2. The molecule has 0 saturated heterocycles. The lowest BCUT2D eigenvalue weighted by Gasteiger charge is -2.02. The van der Waals surface area contributed by atoms with Gasteiger partial charge >= 0.3 is 5.69 Å². The molecular weight excluding hydrogens is 268 g/mol. The maximum atomic E-state index is 12.6. The van der Waals surface area contributed by atoms with Gasteiger partial charge < -0.3 is 4.98 Å². The number of hydrogen-bond acceptors (Lipinski definition) is 3. The molecule has 2 aromatic heterocycles. The van der Waals surface area contributed by atoms with Gasteiger partial charge in [0.2, 0.25) is 0 Å². The Morgan fingerprint density at radius 3 is 2.29 bits per heavy atom. The van der Waals surface area contributed by atoms with Crippen LogP contribution in [0.25, 0.3) is 21.9 Å². The Hall–Kier alpha value is -2.37. The molecule has 0 aliphatic heterocycles. The highest BCUT2D eigenvalue weighted by molar-refractivity contribution is 5.92. The van der Waals surface area contributed by atoms with E-state index in [2.05, 4.69) is 9.97 Å². The lowest BCUT2D eigenvalue weighted by molar-refractivity contribution is 0.607. The SMILES string of the molecule is CCCn1c(=O)n(CCC)c2cc3c(=O)[nH]cnc3cc21. The smallest absolute Gasteiger partial charge is 0.313 e. The molecule has 0 spiro atoms. The first-order chi connectivity index (χ1) is 10.2. The topological polar surface area (TPSA) is 72.7 Å². The molecule has 2 heterocycles. The molecule has 0 radical (unpaired) electrons. The second-order valence-electron chi connectivity index (χ2n) is 5.18. The minimum absolute atomic E-state index is 0.0135. The van der Waals surface area contributed by atoms with Gasteiger partial charge in [0.1, 0.15) is 0 Å². The summed E-state index contributed by atoms with van der Waals surface area (Å²) in [4.78, 5) is 31.2. The summed E-state index contributed by atoms with van der Waals surface area (Å²) in [6, 6.07) is 3.61. The third-order valence-electron chi connectivity index (χ3n) is 3.67.